The Kier molecular flexibility index (Phi) is 3.77. The third-order valence-electron chi connectivity index (χ3n) is 4.69. The summed E-state index contributed by atoms with van der Waals surface area (Å²) >= 11 is 3.44. The number of epoxide rings is 1. The van der Waals surface area contributed by atoms with Crippen LogP contribution in [0.3, 0.4) is 0 Å². The summed E-state index contributed by atoms with van der Waals surface area (Å²) in [5.41, 5.74) is 4.81. The summed E-state index contributed by atoms with van der Waals surface area (Å²) in [7, 11) is 0. The Bertz CT molecular complexity index is 804. The molecule has 5 heteroatoms. The molecule has 2 aromatic rings. The van der Waals surface area contributed by atoms with Gasteiger partial charge in [0, 0.05) is 11.0 Å². The van der Waals surface area contributed by atoms with Gasteiger partial charge in [-0.15, -0.1) is 0 Å². The predicted molar refractivity (Wildman–Crippen MR) is 96.0 cm³/mol. The van der Waals surface area contributed by atoms with Crippen LogP contribution in [0.25, 0.3) is 0 Å². The van der Waals surface area contributed by atoms with E-state index in [1.165, 1.54) is 0 Å². The van der Waals surface area contributed by atoms with Crippen LogP contribution in [0.5, 0.6) is 0 Å². The molecule has 4 rings (SSSR count). The van der Waals surface area contributed by atoms with Crippen molar-refractivity contribution in [1.82, 2.24) is 5.43 Å². The summed E-state index contributed by atoms with van der Waals surface area (Å²) in [6, 6.07) is 17.9. The molecule has 0 aliphatic carbocycles. The summed E-state index contributed by atoms with van der Waals surface area (Å²) in [6.07, 6.45) is -0.194. The molecule has 2 heterocycles. The molecule has 0 saturated carbocycles. The molecule has 0 spiro atoms. The standard InChI is InChI=1S/C19H17BrN2O2/c1-19(18(24-19)13-5-3-2-4-6-13)17(23)16-15(11-21-22-16)12-7-9-14(20)10-8-12/h2-10,15,18,21H,11H2,1H3/t15-,18+,19-/m0/s1. The van der Waals surface area contributed by atoms with E-state index in [4.69, 9.17) is 4.74 Å². The van der Waals surface area contributed by atoms with E-state index in [0.717, 1.165) is 15.6 Å². The Labute approximate surface area is 149 Å². The molecule has 4 nitrogen and oxygen atoms in total. The quantitative estimate of drug-likeness (QED) is 0.819. The first-order chi connectivity index (χ1) is 11.6. The number of hydrogen-bond donors (Lipinski definition) is 1. The number of carbonyl (C=O) groups is 1. The van der Waals surface area contributed by atoms with Gasteiger partial charge in [0.05, 0.1) is 5.92 Å². The monoisotopic (exact) mass is 384 g/mol. The Balaban J connectivity index is 1.57. The second-order valence-electron chi connectivity index (χ2n) is 6.31. The minimum atomic E-state index is -0.820. The summed E-state index contributed by atoms with van der Waals surface area (Å²) in [4.78, 5) is 13.1. The number of rotatable bonds is 4. The minimum absolute atomic E-state index is 0.0331. The topological polar surface area (TPSA) is 54.0 Å². The normalized spacial score (nSPS) is 28.2. The van der Waals surface area contributed by atoms with E-state index in [0.29, 0.717) is 12.3 Å². The van der Waals surface area contributed by atoms with Crippen LogP contribution in [0.2, 0.25) is 0 Å². The van der Waals surface area contributed by atoms with Gasteiger partial charge in [-0.05, 0) is 30.2 Å². The number of Topliss-reactive ketones (excluding diaryl/α,β-unsaturated/α-hetero) is 1. The zero-order valence-electron chi connectivity index (χ0n) is 13.2. The number of nitrogens with zero attached hydrogens (tertiary/aromatic N) is 1. The fourth-order valence-electron chi connectivity index (χ4n) is 3.23. The molecule has 0 bridgehead atoms. The van der Waals surface area contributed by atoms with Gasteiger partial charge in [0.25, 0.3) is 0 Å². The highest BCUT2D eigenvalue weighted by atomic mass is 79.9. The summed E-state index contributed by atoms with van der Waals surface area (Å²) in [5.74, 6) is -0.0719. The first kappa shape index (κ1) is 15.5. The number of benzene rings is 2. The molecule has 1 N–H and O–H groups in total. The molecular weight excluding hydrogens is 368 g/mol. The van der Waals surface area contributed by atoms with E-state index in [2.05, 4.69) is 26.5 Å². The van der Waals surface area contributed by atoms with Gasteiger partial charge in [-0.2, -0.15) is 5.10 Å². The SMILES string of the molecule is C[C@@]1(C(=O)C2=NNC[C@H]2c2ccc(Br)cc2)O[C@@H]1c1ccccc1. The third kappa shape index (κ3) is 2.58. The molecule has 0 aromatic heterocycles. The smallest absolute Gasteiger partial charge is 0.214 e. The molecule has 1 saturated heterocycles. The fraction of sp³-hybridized carbons (Fsp3) is 0.263. The highest BCUT2D eigenvalue weighted by Crippen LogP contribution is 2.50. The summed E-state index contributed by atoms with van der Waals surface area (Å²) in [6.45, 7) is 2.49. The molecule has 24 heavy (non-hydrogen) atoms. The van der Waals surface area contributed by atoms with Crippen LogP contribution in [0.15, 0.2) is 64.2 Å². The van der Waals surface area contributed by atoms with Crippen LogP contribution in [0.1, 0.15) is 30.1 Å². The highest BCUT2D eigenvalue weighted by Gasteiger charge is 2.61. The van der Waals surface area contributed by atoms with Gasteiger partial charge in [0.2, 0.25) is 5.78 Å². The van der Waals surface area contributed by atoms with E-state index < -0.39 is 5.60 Å². The van der Waals surface area contributed by atoms with Crippen molar-refractivity contribution in [2.45, 2.75) is 24.5 Å². The number of nitrogens with one attached hydrogen (secondary N) is 1. The Morgan fingerprint density at radius 1 is 1.17 bits per heavy atom. The second-order valence-corrected chi connectivity index (χ2v) is 7.22. The third-order valence-corrected chi connectivity index (χ3v) is 5.22. The minimum Gasteiger partial charge on any atom is -0.352 e. The van der Waals surface area contributed by atoms with E-state index in [9.17, 15) is 4.79 Å². The number of halogens is 1. The molecule has 0 radical (unpaired) electrons. The van der Waals surface area contributed by atoms with E-state index in [1.807, 2.05) is 61.5 Å². The lowest BCUT2D eigenvalue weighted by molar-refractivity contribution is -0.117. The van der Waals surface area contributed by atoms with Gasteiger partial charge >= 0.3 is 0 Å². The van der Waals surface area contributed by atoms with Crippen LogP contribution in [0, 0.1) is 0 Å². The molecule has 2 aliphatic rings. The molecule has 3 atom stereocenters. The van der Waals surface area contributed by atoms with Crippen molar-refractivity contribution in [3.05, 3.63) is 70.2 Å². The Morgan fingerprint density at radius 3 is 2.58 bits per heavy atom. The van der Waals surface area contributed by atoms with Crippen LogP contribution in [-0.4, -0.2) is 23.6 Å². The molecule has 122 valence electrons. The van der Waals surface area contributed by atoms with Crippen molar-refractivity contribution in [2.24, 2.45) is 5.10 Å². The van der Waals surface area contributed by atoms with Gasteiger partial charge in [-0.3, -0.25) is 4.79 Å². The second kappa shape index (κ2) is 5.83. The average Bonchev–Trinajstić information content (AvgIpc) is 3.08. The van der Waals surface area contributed by atoms with Crippen LogP contribution >= 0.6 is 15.9 Å². The number of hydrogen-bond acceptors (Lipinski definition) is 4. The van der Waals surface area contributed by atoms with Crippen molar-refractivity contribution in [1.29, 1.82) is 0 Å². The van der Waals surface area contributed by atoms with Crippen molar-refractivity contribution in [3.63, 3.8) is 0 Å². The number of hydrazone groups is 1. The zero-order chi connectivity index (χ0) is 16.7. The largest absolute Gasteiger partial charge is 0.352 e. The molecule has 1 fully saturated rings. The van der Waals surface area contributed by atoms with E-state index in [-0.39, 0.29) is 17.8 Å². The van der Waals surface area contributed by atoms with Crippen LogP contribution in [-0.2, 0) is 9.53 Å². The fourth-order valence-corrected chi connectivity index (χ4v) is 3.49. The van der Waals surface area contributed by atoms with Gasteiger partial charge in [-0.25, -0.2) is 0 Å². The first-order valence-corrected chi connectivity index (χ1v) is 8.72. The Hall–Kier alpha value is -1.98. The van der Waals surface area contributed by atoms with Crippen molar-refractivity contribution < 1.29 is 9.53 Å². The number of ether oxygens (including phenoxy) is 1. The highest BCUT2D eigenvalue weighted by molar-refractivity contribution is 9.10. The lowest BCUT2D eigenvalue weighted by atomic mass is 9.86. The number of carbonyl (C=O) groups excluding carboxylic acids is 1. The first-order valence-electron chi connectivity index (χ1n) is 7.93. The average molecular weight is 385 g/mol. The van der Waals surface area contributed by atoms with Crippen molar-refractivity contribution in [3.8, 4) is 0 Å². The van der Waals surface area contributed by atoms with Crippen LogP contribution < -0.4 is 5.43 Å². The molecule has 2 aromatic carbocycles. The molecule has 0 amide bonds. The summed E-state index contributed by atoms with van der Waals surface area (Å²) in [5, 5.41) is 4.28. The van der Waals surface area contributed by atoms with E-state index >= 15 is 0 Å². The van der Waals surface area contributed by atoms with Gasteiger partial charge < -0.3 is 10.2 Å². The molecule has 0 unspecified atom stereocenters. The lowest BCUT2D eigenvalue weighted by Crippen LogP contribution is -2.32. The number of ketones is 1. The molecular formula is C19H17BrN2O2. The zero-order valence-corrected chi connectivity index (χ0v) is 14.8. The van der Waals surface area contributed by atoms with Crippen molar-refractivity contribution in [2.75, 3.05) is 6.54 Å². The predicted octanol–water partition coefficient (Wildman–Crippen LogP) is 3.59. The maximum atomic E-state index is 13.1. The lowest BCUT2D eigenvalue weighted by Gasteiger charge is -2.13. The maximum absolute atomic E-state index is 13.1. The van der Waals surface area contributed by atoms with Crippen LogP contribution in [0.4, 0.5) is 0 Å². The molecule has 2 aliphatic heterocycles. The maximum Gasteiger partial charge on any atom is 0.214 e. The Morgan fingerprint density at radius 2 is 1.88 bits per heavy atom. The van der Waals surface area contributed by atoms with Gasteiger partial charge in [0.1, 0.15) is 11.8 Å². The van der Waals surface area contributed by atoms with Gasteiger partial charge in [0.15, 0.2) is 5.60 Å². The van der Waals surface area contributed by atoms with E-state index in [1.54, 1.807) is 0 Å². The van der Waals surface area contributed by atoms with Crippen molar-refractivity contribution >= 4 is 27.4 Å². The summed E-state index contributed by atoms with van der Waals surface area (Å²) < 4.78 is 6.82. The van der Waals surface area contributed by atoms with Gasteiger partial charge in [-0.1, -0.05) is 58.4 Å².